The van der Waals surface area contributed by atoms with E-state index in [0.29, 0.717) is 46.7 Å². The van der Waals surface area contributed by atoms with Crippen LogP contribution in [-0.2, 0) is 11.3 Å². The summed E-state index contributed by atoms with van der Waals surface area (Å²) in [6, 6.07) is 18.4. The summed E-state index contributed by atoms with van der Waals surface area (Å²) in [6.07, 6.45) is 1.53. The van der Waals surface area contributed by atoms with Crippen LogP contribution in [0.25, 0.3) is 0 Å². The maximum Gasteiger partial charge on any atom is 0.410 e. The molecule has 1 heterocycles. The van der Waals surface area contributed by atoms with E-state index in [0.717, 1.165) is 28.4 Å². The van der Waals surface area contributed by atoms with Crippen LogP contribution in [0.2, 0.25) is 10.0 Å². The predicted octanol–water partition coefficient (Wildman–Crippen LogP) is 8.93. The first-order valence-electron chi connectivity index (χ1n) is 13.1. The van der Waals surface area contributed by atoms with Gasteiger partial charge in [0.1, 0.15) is 17.1 Å². The van der Waals surface area contributed by atoms with Gasteiger partial charge in [0.25, 0.3) is 5.91 Å². The lowest BCUT2D eigenvalue weighted by molar-refractivity contribution is 0.0198. The Morgan fingerprint density at radius 2 is 1.77 bits per heavy atom. The van der Waals surface area contributed by atoms with Crippen LogP contribution in [0.1, 0.15) is 61.0 Å². The number of halogens is 3. The molecule has 3 aromatic rings. The Bertz CT molecular complexity index is 1370. The molecular weight excluding hydrogens is 615 g/mol. The summed E-state index contributed by atoms with van der Waals surface area (Å²) >= 11 is 15.8. The Morgan fingerprint density at radius 1 is 1.05 bits per heavy atom. The van der Waals surface area contributed by atoms with Crippen molar-refractivity contribution in [1.29, 1.82) is 0 Å². The van der Waals surface area contributed by atoms with Crippen molar-refractivity contribution in [3.8, 4) is 11.5 Å². The molecule has 0 saturated carbocycles. The fourth-order valence-electron chi connectivity index (χ4n) is 4.68. The first kappa shape index (κ1) is 30.2. The van der Waals surface area contributed by atoms with E-state index in [1.807, 2.05) is 63.2 Å². The van der Waals surface area contributed by atoms with Crippen molar-refractivity contribution in [1.82, 2.24) is 9.80 Å². The lowest BCUT2D eigenvalue weighted by Crippen LogP contribution is -2.42. The maximum atomic E-state index is 13.5. The molecular formula is C31H33BrCl2N2O4. The molecule has 212 valence electrons. The Labute approximate surface area is 254 Å². The first-order valence-corrected chi connectivity index (χ1v) is 14.7. The quantitative estimate of drug-likeness (QED) is 0.268. The number of piperidine rings is 1. The van der Waals surface area contributed by atoms with Gasteiger partial charge < -0.3 is 19.3 Å². The molecule has 1 atom stereocenters. The molecule has 0 aromatic heterocycles. The molecule has 6 nitrogen and oxygen atoms in total. The average molecular weight is 648 g/mol. The molecule has 1 saturated heterocycles. The third-order valence-electron chi connectivity index (χ3n) is 6.53. The van der Waals surface area contributed by atoms with Gasteiger partial charge in [0, 0.05) is 58.2 Å². The SMILES string of the molecule is CN(Cc1ccc(Br)cc1Oc1cc(Cl)cc(Cl)c1)C(=O)c1cccc(C2CCCN(C(=O)OC(C)(C)C)C2)c1. The summed E-state index contributed by atoms with van der Waals surface area (Å²) in [5.41, 5.74) is 1.92. The molecule has 1 aliphatic heterocycles. The summed E-state index contributed by atoms with van der Waals surface area (Å²) in [5.74, 6) is 1.12. The largest absolute Gasteiger partial charge is 0.457 e. The fourth-order valence-corrected chi connectivity index (χ4v) is 5.53. The van der Waals surface area contributed by atoms with Crippen LogP contribution in [-0.4, -0.2) is 47.5 Å². The number of carbonyl (C=O) groups excluding carboxylic acids is 2. The van der Waals surface area contributed by atoms with Crippen molar-refractivity contribution in [3.63, 3.8) is 0 Å². The standard InChI is InChI=1S/C31H33BrCl2N2O4/c1-31(2,3)40-30(38)36-12-6-9-22(19-36)20-7-5-8-21(13-20)29(37)35(4)18-23-10-11-24(32)14-28(23)39-27-16-25(33)15-26(34)17-27/h5,7-8,10-11,13-17,22H,6,9,12,18-19H2,1-4H3. The third-order valence-corrected chi connectivity index (χ3v) is 7.46. The molecule has 3 aromatic carbocycles. The molecule has 40 heavy (non-hydrogen) atoms. The molecule has 0 N–H and O–H groups in total. The Balaban J connectivity index is 1.48. The van der Waals surface area contributed by atoms with Crippen LogP contribution < -0.4 is 4.74 Å². The second kappa shape index (κ2) is 12.8. The van der Waals surface area contributed by atoms with E-state index in [-0.39, 0.29) is 17.9 Å². The molecule has 9 heteroatoms. The lowest BCUT2D eigenvalue weighted by atomic mass is 9.89. The minimum atomic E-state index is -0.540. The fraction of sp³-hybridized carbons (Fsp3) is 0.355. The molecule has 0 aliphatic carbocycles. The summed E-state index contributed by atoms with van der Waals surface area (Å²) in [6.45, 7) is 7.17. The van der Waals surface area contributed by atoms with E-state index in [2.05, 4.69) is 15.9 Å². The number of amides is 2. The number of carbonyl (C=O) groups is 2. The number of nitrogens with zero attached hydrogens (tertiary/aromatic N) is 2. The van der Waals surface area contributed by atoms with Crippen molar-refractivity contribution in [2.75, 3.05) is 20.1 Å². The zero-order valence-corrected chi connectivity index (χ0v) is 26.1. The van der Waals surface area contributed by atoms with Crippen molar-refractivity contribution >= 4 is 51.1 Å². The van der Waals surface area contributed by atoms with Crippen LogP contribution in [0.15, 0.2) is 65.1 Å². The lowest BCUT2D eigenvalue weighted by Gasteiger charge is -2.34. The Hall–Kier alpha value is -2.74. The van der Waals surface area contributed by atoms with Gasteiger partial charge in [-0.15, -0.1) is 0 Å². The Morgan fingerprint density at radius 3 is 2.48 bits per heavy atom. The van der Waals surface area contributed by atoms with Crippen molar-refractivity contribution in [2.45, 2.75) is 51.7 Å². The van der Waals surface area contributed by atoms with Crippen LogP contribution in [0.3, 0.4) is 0 Å². The molecule has 1 aliphatic rings. The van der Waals surface area contributed by atoms with Crippen LogP contribution >= 0.6 is 39.1 Å². The summed E-state index contributed by atoms with van der Waals surface area (Å²) in [7, 11) is 1.77. The molecule has 0 radical (unpaired) electrons. The number of hydrogen-bond donors (Lipinski definition) is 0. The van der Waals surface area contributed by atoms with E-state index in [9.17, 15) is 9.59 Å². The Kier molecular flexibility index (Phi) is 9.70. The van der Waals surface area contributed by atoms with E-state index in [4.69, 9.17) is 32.7 Å². The molecule has 4 rings (SSSR count). The third kappa shape index (κ3) is 8.15. The number of hydrogen-bond acceptors (Lipinski definition) is 4. The van der Waals surface area contributed by atoms with Gasteiger partial charge in [-0.25, -0.2) is 4.79 Å². The van der Waals surface area contributed by atoms with Gasteiger partial charge in [-0.3, -0.25) is 4.79 Å². The van der Waals surface area contributed by atoms with E-state index < -0.39 is 5.60 Å². The monoisotopic (exact) mass is 646 g/mol. The topological polar surface area (TPSA) is 59.1 Å². The van der Waals surface area contributed by atoms with Crippen molar-refractivity contribution in [2.24, 2.45) is 0 Å². The van der Waals surface area contributed by atoms with Gasteiger partial charge >= 0.3 is 6.09 Å². The van der Waals surface area contributed by atoms with Gasteiger partial charge in [-0.2, -0.15) is 0 Å². The number of likely N-dealkylation sites (tertiary alicyclic amines) is 1. The van der Waals surface area contributed by atoms with Gasteiger partial charge in [0.15, 0.2) is 0 Å². The second-order valence-corrected chi connectivity index (χ2v) is 12.8. The summed E-state index contributed by atoms with van der Waals surface area (Å²) in [5, 5.41) is 0.941. The van der Waals surface area contributed by atoms with Crippen molar-refractivity contribution < 1.29 is 19.1 Å². The highest BCUT2D eigenvalue weighted by Crippen LogP contribution is 2.33. The average Bonchev–Trinajstić information content (AvgIpc) is 2.88. The van der Waals surface area contributed by atoms with Gasteiger partial charge in [-0.05, 0) is 81.6 Å². The highest BCUT2D eigenvalue weighted by Gasteiger charge is 2.29. The maximum absolute atomic E-state index is 13.5. The van der Waals surface area contributed by atoms with Crippen LogP contribution in [0.4, 0.5) is 4.79 Å². The smallest absolute Gasteiger partial charge is 0.410 e. The number of rotatable bonds is 6. The van der Waals surface area contributed by atoms with Crippen LogP contribution in [0.5, 0.6) is 11.5 Å². The first-order chi connectivity index (χ1) is 18.9. The number of benzene rings is 3. The van der Waals surface area contributed by atoms with Gasteiger partial charge in [0.2, 0.25) is 0 Å². The number of ether oxygens (including phenoxy) is 2. The molecule has 0 spiro atoms. The highest BCUT2D eigenvalue weighted by molar-refractivity contribution is 9.10. The molecule has 2 amide bonds. The zero-order valence-electron chi connectivity index (χ0n) is 23.0. The van der Waals surface area contributed by atoms with Crippen molar-refractivity contribution in [3.05, 3.63) is 91.9 Å². The second-order valence-electron chi connectivity index (χ2n) is 11.0. The summed E-state index contributed by atoms with van der Waals surface area (Å²) in [4.78, 5) is 29.6. The van der Waals surface area contributed by atoms with E-state index >= 15 is 0 Å². The zero-order chi connectivity index (χ0) is 29.0. The summed E-state index contributed by atoms with van der Waals surface area (Å²) < 4.78 is 12.5. The molecule has 1 unspecified atom stereocenters. The minimum Gasteiger partial charge on any atom is -0.457 e. The molecule has 0 bridgehead atoms. The van der Waals surface area contributed by atoms with E-state index in [1.54, 1.807) is 35.0 Å². The van der Waals surface area contributed by atoms with E-state index in [1.165, 1.54) is 0 Å². The molecule has 1 fully saturated rings. The van der Waals surface area contributed by atoms with Gasteiger partial charge in [-0.1, -0.05) is 57.3 Å². The minimum absolute atomic E-state index is 0.110. The normalized spacial score (nSPS) is 15.5. The van der Waals surface area contributed by atoms with Gasteiger partial charge in [0.05, 0.1) is 0 Å². The highest BCUT2D eigenvalue weighted by atomic mass is 79.9. The van der Waals surface area contributed by atoms with Crippen LogP contribution in [0, 0.1) is 0 Å². The predicted molar refractivity (Wildman–Crippen MR) is 163 cm³/mol.